The zero-order valence-corrected chi connectivity index (χ0v) is 8.14. The molecule has 0 fully saturated rings. The molecule has 72 valence electrons. The van der Waals surface area contributed by atoms with E-state index in [4.69, 9.17) is 0 Å². The van der Waals surface area contributed by atoms with Gasteiger partial charge in [-0.1, -0.05) is 18.2 Å². The van der Waals surface area contributed by atoms with E-state index in [-0.39, 0.29) is 5.91 Å². The molecule has 0 aliphatic heterocycles. The van der Waals surface area contributed by atoms with Gasteiger partial charge in [-0.05, 0) is 6.07 Å². The zero-order valence-electron chi connectivity index (χ0n) is 8.14. The first-order valence-electron chi connectivity index (χ1n) is 4.37. The highest BCUT2D eigenvalue weighted by molar-refractivity contribution is 5.86. The molecular formula is C10H11N3O. The number of para-hydroxylation sites is 1. The monoisotopic (exact) mass is 189 g/mol. The number of carbonyl (C=O) groups excluding carboxylic acids is 1. The zero-order chi connectivity index (χ0) is 10.1. The van der Waals surface area contributed by atoms with Gasteiger partial charge >= 0.3 is 0 Å². The van der Waals surface area contributed by atoms with E-state index in [1.54, 1.807) is 18.0 Å². The predicted octanol–water partition coefficient (Wildman–Crippen LogP) is 1.15. The van der Waals surface area contributed by atoms with Gasteiger partial charge in [0.2, 0.25) is 5.91 Å². The Hall–Kier alpha value is -1.84. The number of aromatic nitrogens is 2. The second-order valence-corrected chi connectivity index (χ2v) is 3.14. The van der Waals surface area contributed by atoms with Gasteiger partial charge in [0.15, 0.2) is 0 Å². The van der Waals surface area contributed by atoms with E-state index in [9.17, 15) is 4.79 Å². The number of fused-ring (bicyclic) bond motifs is 1. The summed E-state index contributed by atoms with van der Waals surface area (Å²) in [5.74, 6) is -0.0427. The summed E-state index contributed by atoms with van der Waals surface area (Å²) < 4.78 is 0. The first-order valence-corrected chi connectivity index (χ1v) is 4.37. The third-order valence-corrected chi connectivity index (χ3v) is 2.20. The molecule has 0 N–H and O–H groups in total. The van der Waals surface area contributed by atoms with Gasteiger partial charge in [-0.15, -0.1) is 0 Å². The first-order chi connectivity index (χ1) is 6.70. The SMILES string of the molecule is CC(=O)N(C)n1ncc2ccccc21. The minimum absolute atomic E-state index is 0.0427. The molecule has 0 atom stereocenters. The molecule has 1 amide bonds. The molecule has 2 rings (SSSR count). The third kappa shape index (κ3) is 1.25. The molecule has 2 aromatic rings. The molecule has 0 radical (unpaired) electrons. The van der Waals surface area contributed by atoms with Crippen LogP contribution in [0.5, 0.6) is 0 Å². The van der Waals surface area contributed by atoms with Gasteiger partial charge < -0.3 is 0 Å². The van der Waals surface area contributed by atoms with Crippen LogP contribution in [0.3, 0.4) is 0 Å². The van der Waals surface area contributed by atoms with Crippen molar-refractivity contribution in [3.63, 3.8) is 0 Å². The van der Waals surface area contributed by atoms with Gasteiger partial charge in [0, 0.05) is 19.4 Å². The number of amides is 1. The smallest absolute Gasteiger partial charge is 0.239 e. The topological polar surface area (TPSA) is 38.1 Å². The predicted molar refractivity (Wildman–Crippen MR) is 54.6 cm³/mol. The highest BCUT2D eigenvalue weighted by Crippen LogP contribution is 2.12. The van der Waals surface area contributed by atoms with Crippen LogP contribution >= 0.6 is 0 Å². The van der Waals surface area contributed by atoms with Crippen molar-refractivity contribution in [3.05, 3.63) is 30.5 Å². The van der Waals surface area contributed by atoms with Gasteiger partial charge in [0.05, 0.1) is 11.7 Å². The minimum atomic E-state index is -0.0427. The lowest BCUT2D eigenvalue weighted by Gasteiger charge is -2.15. The summed E-state index contributed by atoms with van der Waals surface area (Å²) in [7, 11) is 1.70. The summed E-state index contributed by atoms with van der Waals surface area (Å²) in [6.07, 6.45) is 1.74. The number of benzene rings is 1. The number of carbonyl (C=O) groups is 1. The molecule has 1 aromatic heterocycles. The van der Waals surface area contributed by atoms with Crippen molar-refractivity contribution < 1.29 is 4.79 Å². The van der Waals surface area contributed by atoms with Crippen LogP contribution in [-0.4, -0.2) is 22.8 Å². The maximum atomic E-state index is 11.2. The quantitative estimate of drug-likeness (QED) is 0.675. The van der Waals surface area contributed by atoms with Gasteiger partial charge in [-0.3, -0.25) is 4.79 Å². The van der Waals surface area contributed by atoms with Gasteiger partial charge in [-0.25, -0.2) is 5.01 Å². The molecule has 1 aromatic carbocycles. The fourth-order valence-corrected chi connectivity index (χ4v) is 1.33. The van der Waals surface area contributed by atoms with Crippen LogP contribution in [0.2, 0.25) is 0 Å². The van der Waals surface area contributed by atoms with Crippen molar-refractivity contribution in [2.45, 2.75) is 6.92 Å². The van der Waals surface area contributed by atoms with E-state index in [2.05, 4.69) is 5.10 Å². The summed E-state index contributed by atoms with van der Waals surface area (Å²) in [6, 6.07) is 7.77. The molecule has 4 heteroatoms. The molecule has 0 saturated heterocycles. The fourth-order valence-electron chi connectivity index (χ4n) is 1.33. The van der Waals surface area contributed by atoms with Crippen molar-refractivity contribution in [2.75, 3.05) is 12.1 Å². The van der Waals surface area contributed by atoms with Gasteiger partial charge in [0.25, 0.3) is 0 Å². The van der Waals surface area contributed by atoms with Crippen LogP contribution < -0.4 is 5.01 Å². The van der Waals surface area contributed by atoms with Crippen LogP contribution in [0.15, 0.2) is 30.5 Å². The third-order valence-electron chi connectivity index (χ3n) is 2.20. The molecule has 0 saturated carbocycles. The molecule has 14 heavy (non-hydrogen) atoms. The molecule has 0 aliphatic carbocycles. The standard InChI is InChI=1S/C10H11N3O/c1-8(14)12(2)13-10-6-4-3-5-9(10)7-11-13/h3-7H,1-2H3. The van der Waals surface area contributed by atoms with Crippen LogP contribution in [0.1, 0.15) is 6.92 Å². The number of hydrogen-bond acceptors (Lipinski definition) is 2. The molecule has 1 heterocycles. The Morgan fingerprint density at radius 3 is 2.86 bits per heavy atom. The van der Waals surface area contributed by atoms with Crippen molar-refractivity contribution in [2.24, 2.45) is 0 Å². The minimum Gasteiger partial charge on any atom is -0.273 e. The number of hydrogen-bond donors (Lipinski definition) is 0. The fraction of sp³-hybridized carbons (Fsp3) is 0.200. The lowest BCUT2D eigenvalue weighted by atomic mass is 10.3. The molecular weight excluding hydrogens is 178 g/mol. The molecule has 0 bridgehead atoms. The van der Waals surface area contributed by atoms with Crippen LogP contribution in [-0.2, 0) is 4.79 Å². The van der Waals surface area contributed by atoms with E-state index in [1.165, 1.54) is 11.9 Å². The number of rotatable bonds is 1. The Morgan fingerprint density at radius 2 is 2.14 bits per heavy atom. The molecule has 0 aliphatic rings. The van der Waals surface area contributed by atoms with Crippen molar-refractivity contribution >= 4 is 16.8 Å². The lowest BCUT2D eigenvalue weighted by molar-refractivity contribution is -0.117. The second kappa shape index (κ2) is 3.14. The lowest BCUT2D eigenvalue weighted by Crippen LogP contribution is -2.35. The van der Waals surface area contributed by atoms with Crippen LogP contribution in [0, 0.1) is 0 Å². The molecule has 0 unspecified atom stereocenters. The summed E-state index contributed by atoms with van der Waals surface area (Å²) in [5.41, 5.74) is 0.935. The Balaban J connectivity index is 2.58. The van der Waals surface area contributed by atoms with Gasteiger partial charge in [0.1, 0.15) is 0 Å². The maximum Gasteiger partial charge on any atom is 0.239 e. The van der Waals surface area contributed by atoms with Crippen molar-refractivity contribution in [3.8, 4) is 0 Å². The van der Waals surface area contributed by atoms with Crippen molar-refractivity contribution in [1.29, 1.82) is 0 Å². The van der Waals surface area contributed by atoms with E-state index in [0.29, 0.717) is 0 Å². The highest BCUT2D eigenvalue weighted by Gasteiger charge is 2.08. The Labute approximate surface area is 81.7 Å². The molecule has 0 spiro atoms. The normalized spacial score (nSPS) is 10.4. The maximum absolute atomic E-state index is 11.2. The average molecular weight is 189 g/mol. The summed E-state index contributed by atoms with van der Waals surface area (Å²) in [4.78, 5) is 12.7. The average Bonchev–Trinajstić information content (AvgIpc) is 2.60. The highest BCUT2D eigenvalue weighted by atomic mass is 16.2. The Bertz CT molecular complexity index is 475. The van der Waals surface area contributed by atoms with E-state index in [1.807, 2.05) is 24.3 Å². The summed E-state index contributed by atoms with van der Waals surface area (Å²) in [6.45, 7) is 1.51. The van der Waals surface area contributed by atoms with Crippen LogP contribution in [0.25, 0.3) is 10.9 Å². The summed E-state index contributed by atoms with van der Waals surface area (Å²) in [5, 5.41) is 6.64. The molecule has 4 nitrogen and oxygen atoms in total. The summed E-state index contributed by atoms with van der Waals surface area (Å²) >= 11 is 0. The number of nitrogens with zero attached hydrogens (tertiary/aromatic N) is 3. The van der Waals surface area contributed by atoms with E-state index in [0.717, 1.165) is 10.9 Å². The van der Waals surface area contributed by atoms with Gasteiger partial charge in [-0.2, -0.15) is 9.89 Å². The Kier molecular flexibility index (Phi) is 1.96. The van der Waals surface area contributed by atoms with E-state index >= 15 is 0 Å². The van der Waals surface area contributed by atoms with Crippen LogP contribution in [0.4, 0.5) is 0 Å². The second-order valence-electron chi connectivity index (χ2n) is 3.14. The Morgan fingerprint density at radius 1 is 1.43 bits per heavy atom. The van der Waals surface area contributed by atoms with E-state index < -0.39 is 0 Å². The van der Waals surface area contributed by atoms with Crippen molar-refractivity contribution in [1.82, 2.24) is 9.89 Å². The largest absolute Gasteiger partial charge is 0.273 e. The first kappa shape index (κ1) is 8.74.